The summed E-state index contributed by atoms with van der Waals surface area (Å²) < 4.78 is 49.5. The first-order valence-electron chi connectivity index (χ1n) is 8.44. The number of amides is 1. The molecule has 1 aliphatic carbocycles. The van der Waals surface area contributed by atoms with Gasteiger partial charge in [-0.1, -0.05) is 18.9 Å². The first-order chi connectivity index (χ1) is 11.6. The molecule has 2 rings (SSSR count). The lowest BCUT2D eigenvalue weighted by atomic mass is 10.3. The summed E-state index contributed by atoms with van der Waals surface area (Å²) in [6, 6.07) is 6.03. The predicted octanol–water partition coefficient (Wildman–Crippen LogP) is 2.55. The predicted molar refractivity (Wildman–Crippen MR) is 98.0 cm³/mol. The molecule has 1 amide bonds. The molecule has 25 heavy (non-hydrogen) atoms. The highest BCUT2D eigenvalue weighted by Crippen LogP contribution is 2.30. The monoisotopic (exact) mass is 387 g/mol. The molecule has 8 heteroatoms. The molecule has 0 saturated heterocycles. The molecule has 1 unspecified atom stereocenters. The Labute approximate surface area is 149 Å². The van der Waals surface area contributed by atoms with E-state index in [-0.39, 0.29) is 15.8 Å². The third-order valence-electron chi connectivity index (χ3n) is 4.69. The molecule has 0 heterocycles. The van der Waals surface area contributed by atoms with Crippen molar-refractivity contribution in [2.45, 2.75) is 67.1 Å². The molecule has 6 nitrogen and oxygen atoms in total. The summed E-state index contributed by atoms with van der Waals surface area (Å²) in [5.74, 6) is -0.663. The highest BCUT2D eigenvalue weighted by Gasteiger charge is 2.32. The van der Waals surface area contributed by atoms with Crippen LogP contribution in [-0.4, -0.2) is 38.5 Å². The first-order valence-corrected chi connectivity index (χ1v) is 11.6. The second-order valence-corrected chi connectivity index (χ2v) is 11.8. The van der Waals surface area contributed by atoms with Gasteiger partial charge >= 0.3 is 0 Å². The lowest BCUT2D eigenvalue weighted by Crippen LogP contribution is -2.36. The van der Waals surface area contributed by atoms with E-state index in [1.807, 2.05) is 0 Å². The van der Waals surface area contributed by atoms with Gasteiger partial charge in [-0.2, -0.15) is 0 Å². The Hall–Kier alpha value is -1.41. The van der Waals surface area contributed by atoms with Crippen molar-refractivity contribution in [2.75, 3.05) is 5.32 Å². The largest absolute Gasteiger partial charge is 0.325 e. The van der Waals surface area contributed by atoms with Crippen LogP contribution in [-0.2, 0) is 24.5 Å². The zero-order valence-electron chi connectivity index (χ0n) is 14.7. The molecule has 0 aliphatic heterocycles. The molecule has 0 bridgehead atoms. The maximum atomic E-state index is 12.6. The van der Waals surface area contributed by atoms with Crippen molar-refractivity contribution < 1.29 is 21.6 Å². The fourth-order valence-electron chi connectivity index (χ4n) is 2.94. The van der Waals surface area contributed by atoms with Crippen LogP contribution in [0.3, 0.4) is 0 Å². The van der Waals surface area contributed by atoms with E-state index < -0.39 is 36.1 Å². The number of anilines is 1. The van der Waals surface area contributed by atoms with Crippen LogP contribution in [0, 0.1) is 0 Å². The standard InChI is InChI=1S/C17H25NO5S2/c1-12(2)24(20,21)13(3)17(19)18-14-7-6-10-16(11-14)25(22,23)15-8-4-5-9-15/h6-7,10-13,15H,4-5,8-9H2,1-3H3,(H,18,19). The average Bonchev–Trinajstić information content (AvgIpc) is 3.09. The second-order valence-electron chi connectivity index (χ2n) is 6.75. The second kappa shape index (κ2) is 7.45. The van der Waals surface area contributed by atoms with Gasteiger partial charge in [0.2, 0.25) is 5.91 Å². The van der Waals surface area contributed by atoms with Crippen LogP contribution in [0.5, 0.6) is 0 Å². The molecule has 1 saturated carbocycles. The Kier molecular flexibility index (Phi) is 5.93. The Morgan fingerprint density at radius 1 is 1.08 bits per heavy atom. The van der Waals surface area contributed by atoms with Gasteiger partial charge in [-0.15, -0.1) is 0 Å². The summed E-state index contributed by atoms with van der Waals surface area (Å²) in [5.41, 5.74) is 0.287. The maximum Gasteiger partial charge on any atom is 0.242 e. The van der Waals surface area contributed by atoms with Gasteiger partial charge in [-0.3, -0.25) is 4.79 Å². The third kappa shape index (κ3) is 4.23. The van der Waals surface area contributed by atoms with Gasteiger partial charge < -0.3 is 5.32 Å². The number of carbonyl (C=O) groups excluding carboxylic acids is 1. The van der Waals surface area contributed by atoms with E-state index in [0.29, 0.717) is 12.8 Å². The summed E-state index contributed by atoms with van der Waals surface area (Å²) in [7, 11) is -7.01. The van der Waals surface area contributed by atoms with Crippen molar-refractivity contribution in [1.82, 2.24) is 0 Å². The van der Waals surface area contributed by atoms with Crippen LogP contribution in [0.2, 0.25) is 0 Å². The van der Waals surface area contributed by atoms with Gasteiger partial charge in [0.25, 0.3) is 0 Å². The lowest BCUT2D eigenvalue weighted by Gasteiger charge is -2.16. The molecule has 0 spiro atoms. The number of rotatable bonds is 6. The Balaban J connectivity index is 2.21. The number of hydrogen-bond donors (Lipinski definition) is 1. The summed E-state index contributed by atoms with van der Waals surface area (Å²) in [6.45, 7) is 4.38. The number of sulfone groups is 2. The van der Waals surface area contributed by atoms with E-state index in [0.717, 1.165) is 12.8 Å². The van der Waals surface area contributed by atoms with Gasteiger partial charge in [0, 0.05) is 5.69 Å². The SMILES string of the molecule is CC(C)S(=O)(=O)C(C)C(=O)Nc1cccc(S(=O)(=O)C2CCCC2)c1. The third-order valence-corrected chi connectivity index (χ3v) is 9.46. The van der Waals surface area contributed by atoms with Crippen LogP contribution >= 0.6 is 0 Å². The summed E-state index contributed by atoms with van der Waals surface area (Å²) in [6.07, 6.45) is 3.13. The molecular formula is C17H25NO5S2. The minimum atomic E-state index is -3.58. The number of hydrogen-bond acceptors (Lipinski definition) is 5. The molecule has 140 valence electrons. The van der Waals surface area contributed by atoms with Crippen LogP contribution in [0.15, 0.2) is 29.2 Å². The lowest BCUT2D eigenvalue weighted by molar-refractivity contribution is -0.115. The van der Waals surface area contributed by atoms with Crippen molar-refractivity contribution in [3.05, 3.63) is 24.3 Å². The number of carbonyl (C=O) groups is 1. The molecule has 1 aromatic rings. The molecule has 1 fully saturated rings. The zero-order chi connectivity index (χ0) is 18.8. The van der Waals surface area contributed by atoms with Gasteiger partial charge in [-0.25, -0.2) is 16.8 Å². The summed E-state index contributed by atoms with van der Waals surface area (Å²) in [5, 5.41) is 0.277. The molecule has 0 aromatic heterocycles. The van der Waals surface area contributed by atoms with Crippen molar-refractivity contribution in [3.8, 4) is 0 Å². The number of benzene rings is 1. The van der Waals surface area contributed by atoms with E-state index in [9.17, 15) is 21.6 Å². The average molecular weight is 388 g/mol. The van der Waals surface area contributed by atoms with E-state index in [2.05, 4.69) is 5.32 Å². The van der Waals surface area contributed by atoms with Crippen LogP contribution in [0.4, 0.5) is 5.69 Å². The first kappa shape index (κ1) is 19.9. The number of nitrogens with one attached hydrogen (secondary N) is 1. The van der Waals surface area contributed by atoms with E-state index >= 15 is 0 Å². The minimum Gasteiger partial charge on any atom is -0.325 e. The smallest absolute Gasteiger partial charge is 0.242 e. The maximum absolute atomic E-state index is 12.6. The van der Waals surface area contributed by atoms with E-state index in [1.54, 1.807) is 12.1 Å². The molecule has 1 aliphatic rings. The summed E-state index contributed by atoms with van der Waals surface area (Å²) >= 11 is 0. The van der Waals surface area contributed by atoms with Crippen molar-refractivity contribution in [3.63, 3.8) is 0 Å². The minimum absolute atomic E-state index is 0.163. The molecule has 1 aromatic carbocycles. The molecular weight excluding hydrogens is 362 g/mol. The van der Waals surface area contributed by atoms with Crippen molar-refractivity contribution in [2.24, 2.45) is 0 Å². The fraction of sp³-hybridized carbons (Fsp3) is 0.588. The van der Waals surface area contributed by atoms with Crippen molar-refractivity contribution >= 4 is 31.3 Å². The molecule has 1 N–H and O–H groups in total. The zero-order valence-corrected chi connectivity index (χ0v) is 16.4. The molecule has 1 atom stereocenters. The van der Waals surface area contributed by atoms with E-state index in [4.69, 9.17) is 0 Å². The highest BCUT2D eigenvalue weighted by molar-refractivity contribution is 7.93. The highest BCUT2D eigenvalue weighted by atomic mass is 32.2. The van der Waals surface area contributed by atoms with Gasteiger partial charge in [-0.05, 0) is 51.8 Å². The van der Waals surface area contributed by atoms with Crippen LogP contribution in [0.25, 0.3) is 0 Å². The fourth-order valence-corrected chi connectivity index (χ4v) is 6.02. The van der Waals surface area contributed by atoms with Crippen molar-refractivity contribution in [1.29, 1.82) is 0 Å². The molecule has 0 radical (unpaired) electrons. The van der Waals surface area contributed by atoms with Crippen LogP contribution < -0.4 is 5.32 Å². The van der Waals surface area contributed by atoms with Gasteiger partial charge in [0.1, 0.15) is 5.25 Å². The summed E-state index contributed by atoms with van der Waals surface area (Å²) in [4.78, 5) is 12.4. The van der Waals surface area contributed by atoms with Gasteiger partial charge in [0.15, 0.2) is 19.7 Å². The van der Waals surface area contributed by atoms with E-state index in [1.165, 1.54) is 32.9 Å². The normalized spacial score (nSPS) is 17.6. The Bertz CT molecular complexity index is 838. The topological polar surface area (TPSA) is 97.4 Å². The van der Waals surface area contributed by atoms with Crippen LogP contribution in [0.1, 0.15) is 46.5 Å². The quantitative estimate of drug-likeness (QED) is 0.809. The Morgan fingerprint density at radius 3 is 2.24 bits per heavy atom. The Morgan fingerprint density at radius 2 is 1.68 bits per heavy atom. The van der Waals surface area contributed by atoms with Gasteiger partial charge in [0.05, 0.1) is 15.4 Å².